The molecule has 0 atom stereocenters. The van der Waals surface area contributed by atoms with Crippen LogP contribution in [0.15, 0.2) is 0 Å². The van der Waals surface area contributed by atoms with E-state index in [2.05, 4.69) is 11.4 Å². The molecule has 224 valence electrons. The number of rotatable bonds is 32. The first-order valence-electron chi connectivity index (χ1n) is 14.2. The molecule has 0 unspecified atom stereocenters. The van der Waals surface area contributed by atoms with Crippen molar-refractivity contribution in [1.82, 2.24) is 0 Å². The molecule has 0 rings (SSSR count). The van der Waals surface area contributed by atoms with E-state index in [-0.39, 0.29) is 13.2 Å². The molecule has 0 saturated heterocycles. The molecule has 0 fully saturated rings. The average molecular weight is 559 g/mol. The molecule has 0 spiro atoms. The highest BCUT2D eigenvalue weighted by Gasteiger charge is 2.12. The first-order valence-corrected chi connectivity index (χ1v) is 15.8. The van der Waals surface area contributed by atoms with Crippen molar-refractivity contribution in [2.75, 3.05) is 85.9 Å². The fraction of sp³-hybridized carbons (Fsp3) is 1.00. The molecule has 0 aliphatic rings. The van der Waals surface area contributed by atoms with Gasteiger partial charge in [-0.05, 0) is 6.42 Å². The summed E-state index contributed by atoms with van der Waals surface area (Å²) >= 11 is 0. The van der Waals surface area contributed by atoms with E-state index < -0.39 is 7.82 Å². The molecule has 0 radical (unpaired) electrons. The zero-order chi connectivity index (χ0) is 27.1. The van der Waals surface area contributed by atoms with E-state index in [1.165, 1.54) is 70.6 Å². The van der Waals surface area contributed by atoms with Gasteiger partial charge < -0.3 is 38.2 Å². The molecule has 37 heavy (non-hydrogen) atoms. The molecule has 0 aliphatic carbocycles. The quantitative estimate of drug-likeness (QED) is 0.0871. The van der Waals surface area contributed by atoms with Gasteiger partial charge in [0.15, 0.2) is 0 Å². The van der Waals surface area contributed by atoms with Crippen molar-refractivity contribution in [2.24, 2.45) is 0 Å². The lowest BCUT2D eigenvalue weighted by molar-refractivity contribution is -0.0182. The molecule has 0 aromatic rings. The maximum atomic E-state index is 10.5. The van der Waals surface area contributed by atoms with E-state index in [1.807, 2.05) is 0 Å². The molecule has 0 aromatic carbocycles. The van der Waals surface area contributed by atoms with E-state index in [1.54, 1.807) is 0 Å². The SMILES string of the molecule is CCCCCCCCCCCCCCOCCOCCOCCOCCOCCOCCOP(=O)(O)O. The maximum absolute atomic E-state index is 10.5. The molecule has 0 aliphatic heterocycles. The summed E-state index contributed by atoms with van der Waals surface area (Å²) in [6, 6.07) is 0. The highest BCUT2D eigenvalue weighted by atomic mass is 31.2. The monoisotopic (exact) mass is 558 g/mol. The lowest BCUT2D eigenvalue weighted by Gasteiger charge is -2.08. The van der Waals surface area contributed by atoms with Gasteiger partial charge in [-0.1, -0.05) is 77.6 Å². The van der Waals surface area contributed by atoms with Crippen LogP contribution in [0.1, 0.15) is 84.0 Å². The summed E-state index contributed by atoms with van der Waals surface area (Å²) in [5.74, 6) is 0. The Morgan fingerprint density at radius 3 is 1.00 bits per heavy atom. The van der Waals surface area contributed by atoms with Crippen molar-refractivity contribution in [3.63, 3.8) is 0 Å². The smallest absolute Gasteiger partial charge is 0.379 e. The predicted octanol–water partition coefficient (Wildman–Crippen LogP) is 4.90. The Morgan fingerprint density at radius 2 is 0.676 bits per heavy atom. The second-order valence-electron chi connectivity index (χ2n) is 8.89. The van der Waals surface area contributed by atoms with Crippen LogP contribution in [0.4, 0.5) is 0 Å². The number of hydrogen-bond acceptors (Lipinski definition) is 8. The molecule has 0 heterocycles. The molecule has 10 nitrogen and oxygen atoms in total. The van der Waals surface area contributed by atoms with Gasteiger partial charge in [0.25, 0.3) is 0 Å². The Balaban J connectivity index is 3.04. The highest BCUT2D eigenvalue weighted by Crippen LogP contribution is 2.35. The summed E-state index contributed by atoms with van der Waals surface area (Å²) < 4.78 is 47.1. The van der Waals surface area contributed by atoms with Gasteiger partial charge in [-0.15, -0.1) is 0 Å². The van der Waals surface area contributed by atoms with Crippen LogP contribution in [0.3, 0.4) is 0 Å². The Hall–Kier alpha value is -0.130. The number of phosphoric ester groups is 1. The summed E-state index contributed by atoms with van der Waals surface area (Å²) in [4.78, 5) is 17.0. The standard InChI is InChI=1S/C26H55O10P/c1-2-3-4-5-6-7-8-9-10-11-12-13-14-30-15-16-31-17-18-32-19-20-33-21-22-34-23-24-35-25-26-36-37(27,28)29/h2-26H2,1H3,(H2,27,28,29). The normalized spacial score (nSPS) is 12.0. The van der Waals surface area contributed by atoms with Crippen LogP contribution < -0.4 is 0 Å². The Kier molecular flexibility index (Phi) is 30.3. The first kappa shape index (κ1) is 36.9. The molecule has 11 heteroatoms. The third kappa shape index (κ3) is 35.9. The van der Waals surface area contributed by atoms with E-state index in [4.69, 9.17) is 38.2 Å². The van der Waals surface area contributed by atoms with Gasteiger partial charge in [-0.3, -0.25) is 4.52 Å². The first-order chi connectivity index (χ1) is 18.1. The largest absolute Gasteiger partial charge is 0.469 e. The summed E-state index contributed by atoms with van der Waals surface area (Å²) in [6.45, 7) is 7.89. The summed E-state index contributed by atoms with van der Waals surface area (Å²) in [5, 5.41) is 0. The van der Waals surface area contributed by atoms with Crippen molar-refractivity contribution < 1.29 is 47.3 Å². The molecule has 0 amide bonds. The molecular formula is C26H55O10P. The van der Waals surface area contributed by atoms with Gasteiger partial charge in [-0.2, -0.15) is 0 Å². The van der Waals surface area contributed by atoms with Gasteiger partial charge in [0.1, 0.15) is 0 Å². The molecule has 0 bridgehead atoms. The van der Waals surface area contributed by atoms with E-state index in [0.717, 1.165) is 13.0 Å². The Morgan fingerprint density at radius 1 is 0.405 bits per heavy atom. The highest BCUT2D eigenvalue weighted by molar-refractivity contribution is 7.46. The predicted molar refractivity (Wildman–Crippen MR) is 144 cm³/mol. The van der Waals surface area contributed by atoms with Crippen molar-refractivity contribution in [1.29, 1.82) is 0 Å². The second-order valence-corrected chi connectivity index (χ2v) is 10.1. The van der Waals surface area contributed by atoms with Crippen LogP contribution in [0.5, 0.6) is 0 Å². The Bertz CT molecular complexity index is 478. The summed E-state index contributed by atoms with van der Waals surface area (Å²) in [7, 11) is -4.42. The Labute approximate surface area is 225 Å². The lowest BCUT2D eigenvalue weighted by atomic mass is 10.1. The number of ether oxygens (including phenoxy) is 6. The van der Waals surface area contributed by atoms with Crippen LogP contribution in [-0.4, -0.2) is 95.7 Å². The maximum Gasteiger partial charge on any atom is 0.469 e. The van der Waals surface area contributed by atoms with Crippen molar-refractivity contribution in [3.8, 4) is 0 Å². The second kappa shape index (κ2) is 30.4. The number of hydrogen-bond donors (Lipinski definition) is 2. The zero-order valence-corrected chi connectivity index (χ0v) is 24.2. The van der Waals surface area contributed by atoms with Gasteiger partial charge in [0.05, 0.1) is 79.3 Å². The van der Waals surface area contributed by atoms with Crippen LogP contribution >= 0.6 is 7.82 Å². The lowest BCUT2D eigenvalue weighted by Crippen LogP contribution is -2.14. The van der Waals surface area contributed by atoms with Crippen LogP contribution in [-0.2, 0) is 37.5 Å². The number of phosphoric acid groups is 1. The fourth-order valence-electron chi connectivity index (χ4n) is 3.46. The average Bonchev–Trinajstić information content (AvgIpc) is 2.86. The topological polar surface area (TPSA) is 122 Å². The van der Waals surface area contributed by atoms with Crippen LogP contribution in [0.25, 0.3) is 0 Å². The third-order valence-electron chi connectivity index (χ3n) is 5.49. The number of unbranched alkanes of at least 4 members (excludes halogenated alkanes) is 11. The van der Waals surface area contributed by atoms with Crippen LogP contribution in [0, 0.1) is 0 Å². The minimum atomic E-state index is -4.42. The summed E-state index contributed by atoms with van der Waals surface area (Å²) in [6.07, 6.45) is 16.2. The van der Waals surface area contributed by atoms with Crippen molar-refractivity contribution in [2.45, 2.75) is 84.0 Å². The minimum Gasteiger partial charge on any atom is -0.379 e. The van der Waals surface area contributed by atoms with Crippen LogP contribution in [0.2, 0.25) is 0 Å². The van der Waals surface area contributed by atoms with Gasteiger partial charge in [0, 0.05) is 6.61 Å². The molecule has 2 N–H and O–H groups in total. The van der Waals surface area contributed by atoms with Gasteiger partial charge >= 0.3 is 7.82 Å². The van der Waals surface area contributed by atoms with Gasteiger partial charge in [0.2, 0.25) is 0 Å². The molecule has 0 saturated carbocycles. The zero-order valence-electron chi connectivity index (χ0n) is 23.3. The van der Waals surface area contributed by atoms with E-state index >= 15 is 0 Å². The van der Waals surface area contributed by atoms with Gasteiger partial charge in [-0.25, -0.2) is 4.57 Å². The van der Waals surface area contributed by atoms with Crippen molar-refractivity contribution in [3.05, 3.63) is 0 Å². The van der Waals surface area contributed by atoms with E-state index in [0.29, 0.717) is 66.1 Å². The minimum absolute atomic E-state index is 0.0958. The molecular weight excluding hydrogens is 503 g/mol. The molecule has 0 aromatic heterocycles. The third-order valence-corrected chi connectivity index (χ3v) is 6.01. The van der Waals surface area contributed by atoms with Crippen molar-refractivity contribution >= 4 is 7.82 Å². The van der Waals surface area contributed by atoms with E-state index in [9.17, 15) is 4.57 Å². The summed E-state index contributed by atoms with van der Waals surface area (Å²) in [5.41, 5.74) is 0. The fourth-order valence-corrected chi connectivity index (χ4v) is 3.77.